The first-order valence-electron chi connectivity index (χ1n) is 6.74. The Morgan fingerprint density at radius 2 is 1.85 bits per heavy atom. The molecule has 0 radical (unpaired) electrons. The smallest absolute Gasteiger partial charge is 0.335 e. The van der Waals surface area contributed by atoms with Crippen LogP contribution >= 0.6 is 0 Å². The SMILES string of the molecule is CC(C)C(N)CC(=O)NCCc1ccc(C(=O)O)cc1. The highest BCUT2D eigenvalue weighted by Gasteiger charge is 2.12. The van der Waals surface area contributed by atoms with Crippen molar-refractivity contribution in [1.29, 1.82) is 0 Å². The molecule has 1 aromatic rings. The summed E-state index contributed by atoms with van der Waals surface area (Å²) in [5.74, 6) is -0.704. The van der Waals surface area contributed by atoms with Gasteiger partial charge in [-0.05, 0) is 30.0 Å². The Bertz CT molecular complexity index is 455. The zero-order chi connectivity index (χ0) is 15.1. The first-order chi connectivity index (χ1) is 9.40. The minimum absolute atomic E-state index is 0.0478. The van der Waals surface area contributed by atoms with E-state index < -0.39 is 5.97 Å². The van der Waals surface area contributed by atoms with Gasteiger partial charge in [-0.3, -0.25) is 4.79 Å². The number of carbonyl (C=O) groups excluding carboxylic acids is 1. The molecule has 0 aliphatic rings. The number of carboxylic acid groups (broad SMARTS) is 1. The van der Waals surface area contributed by atoms with Crippen molar-refractivity contribution in [3.63, 3.8) is 0 Å². The first-order valence-corrected chi connectivity index (χ1v) is 6.74. The molecule has 5 nitrogen and oxygen atoms in total. The molecule has 1 aromatic carbocycles. The molecule has 4 N–H and O–H groups in total. The van der Waals surface area contributed by atoms with Crippen molar-refractivity contribution < 1.29 is 14.7 Å². The molecule has 20 heavy (non-hydrogen) atoms. The van der Waals surface area contributed by atoms with Crippen LogP contribution in [0.25, 0.3) is 0 Å². The van der Waals surface area contributed by atoms with E-state index in [9.17, 15) is 9.59 Å². The van der Waals surface area contributed by atoms with Gasteiger partial charge in [0.25, 0.3) is 0 Å². The van der Waals surface area contributed by atoms with Gasteiger partial charge < -0.3 is 16.2 Å². The molecule has 0 saturated carbocycles. The van der Waals surface area contributed by atoms with Crippen molar-refractivity contribution in [1.82, 2.24) is 5.32 Å². The molecular formula is C15H22N2O3. The van der Waals surface area contributed by atoms with Crippen LogP contribution in [0.2, 0.25) is 0 Å². The predicted octanol–water partition coefficient (Wildman–Crippen LogP) is 1.42. The van der Waals surface area contributed by atoms with E-state index in [2.05, 4.69) is 5.32 Å². The number of rotatable bonds is 7. The van der Waals surface area contributed by atoms with Gasteiger partial charge in [0.1, 0.15) is 0 Å². The van der Waals surface area contributed by atoms with Crippen LogP contribution in [-0.2, 0) is 11.2 Å². The third-order valence-electron chi connectivity index (χ3n) is 3.21. The van der Waals surface area contributed by atoms with E-state index in [0.29, 0.717) is 19.4 Å². The lowest BCUT2D eigenvalue weighted by molar-refractivity contribution is -0.121. The topological polar surface area (TPSA) is 92.4 Å². The van der Waals surface area contributed by atoms with Crippen LogP contribution < -0.4 is 11.1 Å². The highest BCUT2D eigenvalue weighted by Crippen LogP contribution is 2.05. The molecule has 5 heteroatoms. The standard InChI is InChI=1S/C15H22N2O3/c1-10(2)13(16)9-14(18)17-8-7-11-3-5-12(6-4-11)15(19)20/h3-6,10,13H,7-9,16H2,1-2H3,(H,17,18)(H,19,20). The van der Waals surface area contributed by atoms with Gasteiger partial charge in [-0.1, -0.05) is 26.0 Å². The van der Waals surface area contributed by atoms with Crippen LogP contribution in [0, 0.1) is 5.92 Å². The monoisotopic (exact) mass is 278 g/mol. The maximum atomic E-state index is 11.6. The van der Waals surface area contributed by atoms with Crippen molar-refractivity contribution in [2.24, 2.45) is 11.7 Å². The normalized spacial score (nSPS) is 12.2. The number of nitrogens with one attached hydrogen (secondary N) is 1. The highest BCUT2D eigenvalue weighted by molar-refractivity contribution is 5.87. The van der Waals surface area contributed by atoms with Gasteiger partial charge in [-0.15, -0.1) is 0 Å². The Kier molecular flexibility index (Phi) is 6.18. The Morgan fingerprint density at radius 1 is 1.25 bits per heavy atom. The molecule has 110 valence electrons. The van der Waals surface area contributed by atoms with E-state index in [4.69, 9.17) is 10.8 Å². The second-order valence-electron chi connectivity index (χ2n) is 5.21. The minimum Gasteiger partial charge on any atom is -0.478 e. The second kappa shape index (κ2) is 7.65. The van der Waals surface area contributed by atoms with Gasteiger partial charge in [-0.2, -0.15) is 0 Å². The van der Waals surface area contributed by atoms with Crippen molar-refractivity contribution in [3.8, 4) is 0 Å². The number of hydrogen-bond donors (Lipinski definition) is 3. The maximum absolute atomic E-state index is 11.6. The van der Waals surface area contributed by atoms with Crippen LogP contribution in [0.15, 0.2) is 24.3 Å². The fourth-order valence-electron chi connectivity index (χ4n) is 1.68. The van der Waals surface area contributed by atoms with Crippen molar-refractivity contribution in [2.45, 2.75) is 32.7 Å². The molecule has 1 rings (SSSR count). The summed E-state index contributed by atoms with van der Waals surface area (Å²) in [6, 6.07) is 6.53. The van der Waals surface area contributed by atoms with E-state index in [1.807, 2.05) is 13.8 Å². The summed E-state index contributed by atoms with van der Waals surface area (Å²) in [5, 5.41) is 11.6. The molecule has 1 unspecified atom stereocenters. The van der Waals surface area contributed by atoms with Crippen LogP contribution in [-0.4, -0.2) is 29.6 Å². The Balaban J connectivity index is 2.33. The molecule has 0 heterocycles. The summed E-state index contributed by atoms with van der Waals surface area (Å²) in [6.45, 7) is 4.50. The van der Waals surface area contributed by atoms with Gasteiger partial charge in [0.2, 0.25) is 5.91 Å². The third kappa shape index (κ3) is 5.40. The molecule has 0 saturated heterocycles. The van der Waals surface area contributed by atoms with Gasteiger partial charge >= 0.3 is 5.97 Å². The van der Waals surface area contributed by atoms with Crippen LogP contribution in [0.3, 0.4) is 0 Å². The summed E-state index contributed by atoms with van der Waals surface area (Å²) in [7, 11) is 0. The molecule has 1 atom stereocenters. The second-order valence-corrected chi connectivity index (χ2v) is 5.21. The first kappa shape index (κ1) is 16.2. The van der Waals surface area contributed by atoms with Crippen molar-refractivity contribution >= 4 is 11.9 Å². The lowest BCUT2D eigenvalue weighted by Gasteiger charge is -2.15. The van der Waals surface area contributed by atoms with E-state index in [-0.39, 0.29) is 23.4 Å². The van der Waals surface area contributed by atoms with Crippen LogP contribution in [0.5, 0.6) is 0 Å². The maximum Gasteiger partial charge on any atom is 0.335 e. The van der Waals surface area contributed by atoms with E-state index in [1.165, 1.54) is 0 Å². The summed E-state index contributed by atoms with van der Waals surface area (Å²) < 4.78 is 0. The third-order valence-corrected chi connectivity index (χ3v) is 3.21. The number of amides is 1. The summed E-state index contributed by atoms with van der Waals surface area (Å²) in [6.07, 6.45) is 0.998. The quantitative estimate of drug-likeness (QED) is 0.703. The minimum atomic E-state index is -0.937. The summed E-state index contributed by atoms with van der Waals surface area (Å²) in [5.41, 5.74) is 7.08. The predicted molar refractivity (Wildman–Crippen MR) is 77.5 cm³/mol. The summed E-state index contributed by atoms with van der Waals surface area (Å²) >= 11 is 0. The molecule has 0 aromatic heterocycles. The lowest BCUT2D eigenvalue weighted by Crippen LogP contribution is -2.35. The molecule has 1 amide bonds. The van der Waals surface area contributed by atoms with Crippen molar-refractivity contribution in [2.75, 3.05) is 6.54 Å². The largest absolute Gasteiger partial charge is 0.478 e. The lowest BCUT2D eigenvalue weighted by atomic mass is 10.0. The average Bonchev–Trinajstić information content (AvgIpc) is 2.39. The van der Waals surface area contributed by atoms with Gasteiger partial charge in [0.05, 0.1) is 5.56 Å². The zero-order valence-electron chi connectivity index (χ0n) is 11.9. The zero-order valence-corrected chi connectivity index (χ0v) is 11.9. The number of carbonyl (C=O) groups is 2. The molecule has 0 aliphatic heterocycles. The van der Waals surface area contributed by atoms with Gasteiger partial charge in [-0.25, -0.2) is 4.79 Å². The van der Waals surface area contributed by atoms with Crippen LogP contribution in [0.1, 0.15) is 36.2 Å². The van der Waals surface area contributed by atoms with Gasteiger partial charge in [0.15, 0.2) is 0 Å². The molecular weight excluding hydrogens is 256 g/mol. The number of hydrogen-bond acceptors (Lipinski definition) is 3. The fourth-order valence-corrected chi connectivity index (χ4v) is 1.68. The Morgan fingerprint density at radius 3 is 2.35 bits per heavy atom. The van der Waals surface area contributed by atoms with E-state index in [0.717, 1.165) is 5.56 Å². The highest BCUT2D eigenvalue weighted by atomic mass is 16.4. The molecule has 0 fully saturated rings. The number of carboxylic acids is 1. The molecule has 0 bridgehead atoms. The molecule has 0 spiro atoms. The average molecular weight is 278 g/mol. The molecule has 0 aliphatic carbocycles. The van der Waals surface area contributed by atoms with E-state index in [1.54, 1.807) is 24.3 Å². The van der Waals surface area contributed by atoms with E-state index >= 15 is 0 Å². The van der Waals surface area contributed by atoms with Crippen LogP contribution in [0.4, 0.5) is 0 Å². The Labute approximate surface area is 119 Å². The number of nitrogens with two attached hydrogens (primary N) is 1. The number of aromatic carboxylic acids is 1. The van der Waals surface area contributed by atoms with Crippen molar-refractivity contribution in [3.05, 3.63) is 35.4 Å². The summed E-state index contributed by atoms with van der Waals surface area (Å²) in [4.78, 5) is 22.3. The Hall–Kier alpha value is -1.88. The van der Waals surface area contributed by atoms with Gasteiger partial charge in [0, 0.05) is 19.0 Å². The fraction of sp³-hybridized carbons (Fsp3) is 0.467. The number of benzene rings is 1.